The van der Waals surface area contributed by atoms with Crippen LogP contribution in [-0.2, 0) is 4.74 Å². The number of methoxy groups -OCH3 is 2. The first kappa shape index (κ1) is 18.8. The van der Waals surface area contributed by atoms with Gasteiger partial charge in [0.1, 0.15) is 17.6 Å². The maximum absolute atomic E-state index is 10.6. The normalized spacial score (nSPS) is 25.8. The van der Waals surface area contributed by atoms with Gasteiger partial charge in [-0.2, -0.15) is 0 Å². The lowest BCUT2D eigenvalue weighted by Crippen LogP contribution is -2.47. The van der Waals surface area contributed by atoms with Crippen molar-refractivity contribution in [2.24, 2.45) is 4.99 Å². The van der Waals surface area contributed by atoms with Gasteiger partial charge in [-0.15, -0.1) is 0 Å². The summed E-state index contributed by atoms with van der Waals surface area (Å²) in [5.41, 5.74) is 0.662. The summed E-state index contributed by atoms with van der Waals surface area (Å²) in [6.07, 6.45) is 3.14. The number of hydrogen-bond donors (Lipinski definition) is 3. The predicted molar refractivity (Wildman–Crippen MR) is 99.9 cm³/mol. The van der Waals surface area contributed by atoms with Gasteiger partial charge in [-0.3, -0.25) is 4.99 Å². The molecular weight excluding hydrogens is 334 g/mol. The van der Waals surface area contributed by atoms with E-state index in [1.54, 1.807) is 32.4 Å². The molecule has 2 fully saturated rings. The Kier molecular flexibility index (Phi) is 6.21. The topological polar surface area (TPSA) is 84.3 Å². The molecule has 26 heavy (non-hydrogen) atoms. The van der Waals surface area contributed by atoms with Crippen molar-refractivity contribution in [3.05, 3.63) is 23.8 Å². The Bertz CT molecular complexity index is 637. The van der Waals surface area contributed by atoms with Crippen LogP contribution in [0.5, 0.6) is 11.5 Å². The largest absolute Gasteiger partial charge is 0.497 e. The number of aliphatic imine (C=N–C) groups is 1. The van der Waals surface area contributed by atoms with Crippen molar-refractivity contribution in [3.63, 3.8) is 0 Å². The van der Waals surface area contributed by atoms with E-state index in [0.717, 1.165) is 25.8 Å². The van der Waals surface area contributed by atoms with Crippen LogP contribution in [0.15, 0.2) is 23.2 Å². The Morgan fingerprint density at radius 3 is 2.81 bits per heavy atom. The van der Waals surface area contributed by atoms with Crippen LogP contribution in [0, 0.1) is 0 Å². The molecule has 3 N–H and O–H groups in total. The van der Waals surface area contributed by atoms with Crippen molar-refractivity contribution in [3.8, 4) is 11.5 Å². The van der Waals surface area contributed by atoms with E-state index in [4.69, 9.17) is 14.2 Å². The fourth-order valence-corrected chi connectivity index (χ4v) is 3.66. The van der Waals surface area contributed by atoms with Gasteiger partial charge in [0.15, 0.2) is 5.96 Å². The summed E-state index contributed by atoms with van der Waals surface area (Å²) in [5, 5.41) is 17.3. The van der Waals surface area contributed by atoms with Gasteiger partial charge in [-0.05, 0) is 44.4 Å². The Labute approximate surface area is 154 Å². The monoisotopic (exact) mass is 363 g/mol. The zero-order valence-corrected chi connectivity index (χ0v) is 15.7. The molecule has 2 heterocycles. The molecule has 4 unspecified atom stereocenters. The molecule has 0 radical (unpaired) electrons. The van der Waals surface area contributed by atoms with E-state index >= 15 is 0 Å². The third-order valence-electron chi connectivity index (χ3n) is 4.99. The Hall–Kier alpha value is -1.99. The molecule has 7 nitrogen and oxygen atoms in total. The highest BCUT2D eigenvalue weighted by atomic mass is 16.5. The summed E-state index contributed by atoms with van der Waals surface area (Å²) in [4.78, 5) is 4.56. The third-order valence-corrected chi connectivity index (χ3v) is 4.99. The van der Waals surface area contributed by atoms with E-state index in [2.05, 4.69) is 15.6 Å². The molecule has 144 valence electrons. The maximum atomic E-state index is 10.6. The standard InChI is InChI=1S/C19H29N3O4/c1-4-20-19(22-15-10-13-6-8-18(15)26-13)21-11-16(23)14-9-12(24-2)5-7-17(14)25-3/h5,7,9,13,15-16,18,23H,4,6,8,10-11H2,1-3H3,(H2,20,21,22). The van der Waals surface area contributed by atoms with Gasteiger partial charge < -0.3 is 30.0 Å². The minimum Gasteiger partial charge on any atom is -0.497 e. The van der Waals surface area contributed by atoms with Crippen molar-refractivity contribution >= 4 is 5.96 Å². The van der Waals surface area contributed by atoms with E-state index in [0.29, 0.717) is 29.1 Å². The molecule has 2 saturated heterocycles. The van der Waals surface area contributed by atoms with Crippen LogP contribution in [0.2, 0.25) is 0 Å². The Morgan fingerprint density at radius 2 is 2.19 bits per heavy atom. The number of aliphatic hydroxyl groups is 1. The Morgan fingerprint density at radius 1 is 1.35 bits per heavy atom. The molecule has 1 aromatic carbocycles. The fourth-order valence-electron chi connectivity index (χ4n) is 3.66. The highest BCUT2D eigenvalue weighted by molar-refractivity contribution is 5.80. The van der Waals surface area contributed by atoms with Gasteiger partial charge in [0.05, 0.1) is 39.0 Å². The summed E-state index contributed by atoms with van der Waals surface area (Å²) in [7, 11) is 3.18. The molecule has 0 spiro atoms. The van der Waals surface area contributed by atoms with Crippen LogP contribution in [-0.4, -0.2) is 56.6 Å². The number of fused-ring (bicyclic) bond motifs is 2. The summed E-state index contributed by atoms with van der Waals surface area (Å²) < 4.78 is 16.5. The van der Waals surface area contributed by atoms with Gasteiger partial charge in [0, 0.05) is 12.1 Å². The maximum Gasteiger partial charge on any atom is 0.191 e. The predicted octanol–water partition coefficient (Wildman–Crippen LogP) is 1.61. The average Bonchev–Trinajstić information content (AvgIpc) is 3.28. The Balaban J connectivity index is 1.67. The molecule has 2 bridgehead atoms. The molecule has 2 aliphatic heterocycles. The van der Waals surface area contributed by atoms with Crippen molar-refractivity contribution in [2.45, 2.75) is 50.5 Å². The van der Waals surface area contributed by atoms with Gasteiger partial charge in [-0.1, -0.05) is 0 Å². The average molecular weight is 363 g/mol. The molecule has 1 aromatic rings. The number of nitrogens with zero attached hydrogens (tertiary/aromatic N) is 1. The van der Waals surface area contributed by atoms with Crippen molar-refractivity contribution in [2.75, 3.05) is 27.3 Å². The lowest BCUT2D eigenvalue weighted by atomic mass is 9.96. The first-order chi connectivity index (χ1) is 12.6. The zero-order chi connectivity index (χ0) is 18.5. The minimum absolute atomic E-state index is 0.223. The first-order valence-corrected chi connectivity index (χ1v) is 9.24. The highest BCUT2D eigenvalue weighted by Crippen LogP contribution is 2.34. The van der Waals surface area contributed by atoms with E-state index in [9.17, 15) is 5.11 Å². The number of rotatable bonds is 7. The summed E-state index contributed by atoms with van der Waals surface area (Å²) in [5.74, 6) is 2.00. The molecule has 0 aromatic heterocycles. The van der Waals surface area contributed by atoms with Gasteiger partial charge in [0.25, 0.3) is 0 Å². The number of benzene rings is 1. The molecule has 0 amide bonds. The molecular formula is C19H29N3O4. The molecule has 0 aliphatic carbocycles. The smallest absolute Gasteiger partial charge is 0.191 e. The summed E-state index contributed by atoms with van der Waals surface area (Å²) >= 11 is 0. The van der Waals surface area contributed by atoms with Crippen molar-refractivity contribution in [1.29, 1.82) is 0 Å². The van der Waals surface area contributed by atoms with E-state index in [1.165, 1.54) is 0 Å². The number of hydrogen-bond acceptors (Lipinski definition) is 5. The molecule has 3 rings (SSSR count). The van der Waals surface area contributed by atoms with Crippen LogP contribution in [0.25, 0.3) is 0 Å². The van der Waals surface area contributed by atoms with Gasteiger partial charge in [0.2, 0.25) is 0 Å². The number of aliphatic hydroxyl groups excluding tert-OH is 1. The van der Waals surface area contributed by atoms with Crippen LogP contribution in [0.1, 0.15) is 37.9 Å². The first-order valence-electron chi connectivity index (χ1n) is 9.24. The molecule has 2 aliphatic rings. The van der Waals surface area contributed by atoms with E-state index in [1.807, 2.05) is 6.92 Å². The van der Waals surface area contributed by atoms with Crippen LogP contribution in [0.4, 0.5) is 0 Å². The van der Waals surface area contributed by atoms with Gasteiger partial charge in [-0.25, -0.2) is 0 Å². The number of guanidine groups is 1. The van der Waals surface area contributed by atoms with Crippen LogP contribution in [0.3, 0.4) is 0 Å². The lowest BCUT2D eigenvalue weighted by Gasteiger charge is -2.23. The minimum atomic E-state index is -0.785. The third kappa shape index (κ3) is 4.22. The number of ether oxygens (including phenoxy) is 3. The quantitative estimate of drug-likeness (QED) is 0.504. The van der Waals surface area contributed by atoms with Crippen molar-refractivity contribution < 1.29 is 19.3 Å². The molecule has 7 heteroatoms. The summed E-state index contributed by atoms with van der Waals surface area (Å²) in [6, 6.07) is 5.66. The second kappa shape index (κ2) is 8.60. The number of nitrogens with one attached hydrogen (secondary N) is 2. The summed E-state index contributed by atoms with van der Waals surface area (Å²) in [6.45, 7) is 3.00. The van der Waals surface area contributed by atoms with Crippen LogP contribution < -0.4 is 20.1 Å². The second-order valence-electron chi connectivity index (χ2n) is 6.70. The lowest BCUT2D eigenvalue weighted by molar-refractivity contribution is 0.0992. The van der Waals surface area contributed by atoms with Crippen LogP contribution >= 0.6 is 0 Å². The van der Waals surface area contributed by atoms with Gasteiger partial charge >= 0.3 is 0 Å². The van der Waals surface area contributed by atoms with E-state index < -0.39 is 6.10 Å². The SMILES string of the molecule is CCNC(=NCC(O)c1cc(OC)ccc1OC)NC1CC2CCC1O2. The second-order valence-corrected chi connectivity index (χ2v) is 6.70. The van der Waals surface area contributed by atoms with E-state index in [-0.39, 0.29) is 18.7 Å². The zero-order valence-electron chi connectivity index (χ0n) is 15.7. The highest BCUT2D eigenvalue weighted by Gasteiger charge is 2.41. The fraction of sp³-hybridized carbons (Fsp3) is 0.632. The molecule has 0 saturated carbocycles. The van der Waals surface area contributed by atoms with Crippen molar-refractivity contribution in [1.82, 2.24) is 10.6 Å². The molecule has 4 atom stereocenters.